The lowest BCUT2D eigenvalue weighted by Gasteiger charge is -2.13. The number of aliphatic hydroxyl groups is 1. The van der Waals surface area contributed by atoms with E-state index in [-0.39, 0.29) is 11.6 Å². The smallest absolute Gasteiger partial charge is 0.319 e. The van der Waals surface area contributed by atoms with Crippen molar-refractivity contribution >= 4 is 23.3 Å². The van der Waals surface area contributed by atoms with Gasteiger partial charge in [-0.05, 0) is 30.7 Å². The fourth-order valence-electron chi connectivity index (χ4n) is 1.84. The predicted octanol–water partition coefficient (Wildman–Crippen LogP) is 3.64. The van der Waals surface area contributed by atoms with E-state index in [1.807, 2.05) is 19.1 Å². The molecule has 0 unspecified atom stereocenters. The maximum Gasteiger partial charge on any atom is 0.319 e. The maximum atomic E-state index is 13.0. The van der Waals surface area contributed by atoms with Gasteiger partial charge in [0.1, 0.15) is 5.82 Å². The summed E-state index contributed by atoms with van der Waals surface area (Å²) in [5.41, 5.74) is 2.18. The van der Waals surface area contributed by atoms with Gasteiger partial charge < -0.3 is 15.7 Å². The third-order valence-corrected chi connectivity index (χ3v) is 3.39. The summed E-state index contributed by atoms with van der Waals surface area (Å²) in [4.78, 5) is 11.7. The fourth-order valence-corrected chi connectivity index (χ4v) is 2.03. The molecule has 2 amide bonds. The highest BCUT2D eigenvalue weighted by molar-refractivity contribution is 6.31. The molecule has 1 atom stereocenters. The van der Waals surface area contributed by atoms with Crippen molar-refractivity contribution in [2.24, 2.45) is 0 Å². The van der Waals surface area contributed by atoms with Crippen LogP contribution in [0, 0.1) is 12.7 Å². The molecule has 2 rings (SSSR count). The summed E-state index contributed by atoms with van der Waals surface area (Å²) in [7, 11) is 0. The number of hydrogen-bond donors (Lipinski definition) is 3. The number of benzene rings is 2. The lowest BCUT2D eigenvalue weighted by atomic mass is 10.1. The van der Waals surface area contributed by atoms with Crippen molar-refractivity contribution in [2.45, 2.75) is 13.0 Å². The van der Waals surface area contributed by atoms with Gasteiger partial charge in [-0.25, -0.2) is 9.18 Å². The Morgan fingerprint density at radius 2 is 1.95 bits per heavy atom. The van der Waals surface area contributed by atoms with E-state index in [2.05, 4.69) is 10.6 Å². The summed E-state index contributed by atoms with van der Waals surface area (Å²) in [6.45, 7) is 2.01. The quantitative estimate of drug-likeness (QED) is 0.804. The van der Waals surface area contributed by atoms with E-state index in [9.17, 15) is 14.3 Å². The number of hydrogen-bond acceptors (Lipinski definition) is 2. The minimum absolute atomic E-state index is 0.0593. The van der Waals surface area contributed by atoms with Gasteiger partial charge in [0.05, 0.1) is 11.1 Å². The summed E-state index contributed by atoms with van der Waals surface area (Å²) in [5, 5.41) is 15.0. The molecular weight excluding hydrogens is 307 g/mol. The molecule has 3 N–H and O–H groups in total. The highest BCUT2D eigenvalue weighted by Crippen LogP contribution is 2.19. The lowest BCUT2D eigenvalue weighted by Crippen LogP contribution is -2.32. The predicted molar refractivity (Wildman–Crippen MR) is 84.6 cm³/mol. The lowest BCUT2D eigenvalue weighted by molar-refractivity contribution is 0.175. The van der Waals surface area contributed by atoms with Gasteiger partial charge in [-0.3, -0.25) is 0 Å². The monoisotopic (exact) mass is 322 g/mol. The number of aryl methyl sites for hydroxylation is 1. The first-order chi connectivity index (χ1) is 10.5. The standard InChI is InChI=1S/C16H16ClFN2O2/c1-10-2-4-11(5-3-10)15(21)9-19-16(22)20-12-6-7-14(18)13(17)8-12/h2-8,15,21H,9H2,1H3,(H2,19,20,22)/t15-/m1/s1. The first kappa shape index (κ1) is 16.3. The zero-order valence-corrected chi connectivity index (χ0v) is 12.7. The number of carbonyl (C=O) groups excluding carboxylic acids is 1. The SMILES string of the molecule is Cc1ccc([C@H](O)CNC(=O)Nc2ccc(F)c(Cl)c2)cc1. The highest BCUT2D eigenvalue weighted by atomic mass is 35.5. The molecule has 0 bridgehead atoms. The Balaban J connectivity index is 1.86. The Bertz CT molecular complexity index is 662. The Morgan fingerprint density at radius 3 is 2.59 bits per heavy atom. The van der Waals surface area contributed by atoms with E-state index in [1.165, 1.54) is 18.2 Å². The first-order valence-electron chi connectivity index (χ1n) is 6.70. The van der Waals surface area contributed by atoms with Crippen LogP contribution in [-0.4, -0.2) is 17.7 Å². The summed E-state index contributed by atoms with van der Waals surface area (Å²) in [6, 6.07) is 10.8. The minimum Gasteiger partial charge on any atom is -0.387 e. The average molecular weight is 323 g/mol. The molecule has 0 fully saturated rings. The fraction of sp³-hybridized carbons (Fsp3) is 0.188. The largest absolute Gasteiger partial charge is 0.387 e. The molecular formula is C16H16ClFN2O2. The van der Waals surface area contributed by atoms with E-state index in [4.69, 9.17) is 11.6 Å². The number of aliphatic hydroxyl groups excluding tert-OH is 1. The molecule has 116 valence electrons. The van der Waals surface area contributed by atoms with Crippen LogP contribution in [0.3, 0.4) is 0 Å². The molecule has 0 radical (unpaired) electrons. The molecule has 0 aromatic heterocycles. The molecule has 0 aliphatic carbocycles. The van der Waals surface area contributed by atoms with Gasteiger partial charge in [0.25, 0.3) is 0 Å². The van der Waals surface area contributed by atoms with Gasteiger partial charge in [0, 0.05) is 12.2 Å². The molecule has 22 heavy (non-hydrogen) atoms. The van der Waals surface area contributed by atoms with Gasteiger partial charge in [-0.2, -0.15) is 0 Å². The second-order valence-corrected chi connectivity index (χ2v) is 5.30. The van der Waals surface area contributed by atoms with Gasteiger partial charge in [0.15, 0.2) is 0 Å². The molecule has 0 spiro atoms. The number of nitrogens with one attached hydrogen (secondary N) is 2. The van der Waals surface area contributed by atoms with Crippen molar-refractivity contribution < 1.29 is 14.3 Å². The maximum absolute atomic E-state index is 13.0. The molecule has 4 nitrogen and oxygen atoms in total. The number of halogens is 2. The summed E-state index contributed by atoms with van der Waals surface area (Å²) < 4.78 is 13.0. The molecule has 0 heterocycles. The Morgan fingerprint density at radius 1 is 1.27 bits per heavy atom. The van der Waals surface area contributed by atoms with E-state index >= 15 is 0 Å². The molecule has 2 aromatic carbocycles. The van der Waals surface area contributed by atoms with Crippen molar-refractivity contribution in [3.63, 3.8) is 0 Å². The van der Waals surface area contributed by atoms with Gasteiger partial charge >= 0.3 is 6.03 Å². The Kier molecular flexibility index (Phi) is 5.35. The number of carbonyl (C=O) groups is 1. The van der Waals surface area contributed by atoms with Crippen LogP contribution in [0.2, 0.25) is 5.02 Å². The summed E-state index contributed by atoms with van der Waals surface area (Å²) >= 11 is 5.63. The highest BCUT2D eigenvalue weighted by Gasteiger charge is 2.10. The van der Waals surface area contributed by atoms with Crippen molar-refractivity contribution in [2.75, 3.05) is 11.9 Å². The van der Waals surface area contributed by atoms with Gasteiger partial charge in [-0.15, -0.1) is 0 Å². The first-order valence-corrected chi connectivity index (χ1v) is 7.08. The van der Waals surface area contributed by atoms with Crippen LogP contribution in [0.15, 0.2) is 42.5 Å². The Hall–Kier alpha value is -2.11. The average Bonchev–Trinajstić information content (AvgIpc) is 2.49. The second-order valence-electron chi connectivity index (χ2n) is 4.89. The third-order valence-electron chi connectivity index (χ3n) is 3.10. The van der Waals surface area contributed by atoms with E-state index < -0.39 is 18.0 Å². The molecule has 0 saturated carbocycles. The van der Waals surface area contributed by atoms with Crippen molar-refractivity contribution in [3.8, 4) is 0 Å². The number of amides is 2. The van der Waals surface area contributed by atoms with Crippen LogP contribution in [0.1, 0.15) is 17.2 Å². The minimum atomic E-state index is -0.803. The Labute approximate surface area is 132 Å². The number of anilines is 1. The molecule has 0 aliphatic heterocycles. The number of urea groups is 1. The second kappa shape index (κ2) is 7.24. The van der Waals surface area contributed by atoms with Crippen molar-refractivity contribution in [3.05, 3.63) is 64.4 Å². The topological polar surface area (TPSA) is 61.4 Å². The summed E-state index contributed by atoms with van der Waals surface area (Å²) in [5.74, 6) is -0.553. The normalized spacial score (nSPS) is 11.8. The van der Waals surface area contributed by atoms with Crippen LogP contribution in [-0.2, 0) is 0 Å². The van der Waals surface area contributed by atoms with Crippen molar-refractivity contribution in [1.29, 1.82) is 0 Å². The molecule has 0 aliphatic rings. The van der Waals surface area contributed by atoms with Crippen LogP contribution in [0.25, 0.3) is 0 Å². The third kappa shape index (κ3) is 4.44. The summed E-state index contributed by atoms with van der Waals surface area (Å²) in [6.07, 6.45) is -0.803. The van der Waals surface area contributed by atoms with E-state index in [0.717, 1.165) is 11.1 Å². The zero-order valence-electron chi connectivity index (χ0n) is 11.9. The van der Waals surface area contributed by atoms with Crippen LogP contribution < -0.4 is 10.6 Å². The van der Waals surface area contributed by atoms with Crippen LogP contribution in [0.5, 0.6) is 0 Å². The number of rotatable bonds is 4. The van der Waals surface area contributed by atoms with Gasteiger partial charge in [0.2, 0.25) is 0 Å². The van der Waals surface area contributed by atoms with Gasteiger partial charge in [-0.1, -0.05) is 41.4 Å². The van der Waals surface area contributed by atoms with Crippen LogP contribution in [0.4, 0.5) is 14.9 Å². The van der Waals surface area contributed by atoms with Crippen molar-refractivity contribution in [1.82, 2.24) is 5.32 Å². The zero-order chi connectivity index (χ0) is 16.1. The van der Waals surface area contributed by atoms with Crippen LogP contribution >= 0.6 is 11.6 Å². The van der Waals surface area contributed by atoms with E-state index in [1.54, 1.807) is 12.1 Å². The van der Waals surface area contributed by atoms with E-state index in [0.29, 0.717) is 5.69 Å². The molecule has 6 heteroatoms. The molecule has 0 saturated heterocycles. The molecule has 2 aromatic rings.